The minimum atomic E-state index is -0.457. The lowest BCUT2D eigenvalue weighted by atomic mass is 9.88. The second kappa shape index (κ2) is 5.07. The molecule has 6 nitrogen and oxygen atoms in total. The molecule has 0 unspecified atom stereocenters. The van der Waals surface area contributed by atoms with Crippen molar-refractivity contribution in [2.45, 2.75) is 26.3 Å². The number of nitrogens with two attached hydrogens (primary N) is 1. The zero-order chi connectivity index (χ0) is 13.2. The molecule has 1 aromatic rings. The highest BCUT2D eigenvalue weighted by atomic mass is 16.2. The van der Waals surface area contributed by atoms with E-state index in [0.29, 0.717) is 19.0 Å². The quantitative estimate of drug-likeness (QED) is 0.704. The highest BCUT2D eigenvalue weighted by Crippen LogP contribution is 2.23. The second-order valence-corrected chi connectivity index (χ2v) is 5.35. The summed E-state index contributed by atoms with van der Waals surface area (Å²) < 4.78 is 1.87. The Morgan fingerprint density at radius 2 is 2.39 bits per heavy atom. The lowest BCUT2D eigenvalue weighted by Crippen LogP contribution is -2.44. The maximum atomic E-state index is 12.2. The van der Waals surface area contributed by atoms with Gasteiger partial charge in [0.05, 0.1) is 12.2 Å². The molecule has 0 bridgehead atoms. The number of nitrogens with zero attached hydrogens (tertiary/aromatic N) is 2. The Labute approximate surface area is 107 Å². The van der Waals surface area contributed by atoms with Crippen LogP contribution >= 0.6 is 0 Å². The summed E-state index contributed by atoms with van der Waals surface area (Å²) in [6.07, 6.45) is 2.38. The van der Waals surface area contributed by atoms with Gasteiger partial charge in [0.2, 0.25) is 5.91 Å². The fraction of sp³-hybridized carbons (Fsp3) is 0.667. The van der Waals surface area contributed by atoms with Gasteiger partial charge in [-0.3, -0.25) is 4.79 Å². The highest BCUT2D eigenvalue weighted by Gasteiger charge is 2.29. The van der Waals surface area contributed by atoms with E-state index in [1.807, 2.05) is 24.6 Å². The van der Waals surface area contributed by atoms with Gasteiger partial charge in [0, 0.05) is 24.6 Å². The van der Waals surface area contributed by atoms with Crippen LogP contribution in [0.3, 0.4) is 0 Å². The summed E-state index contributed by atoms with van der Waals surface area (Å²) in [5.74, 6) is 0.749. The Morgan fingerprint density at radius 1 is 1.67 bits per heavy atom. The lowest BCUT2D eigenvalue weighted by molar-refractivity contribution is -0.124. The van der Waals surface area contributed by atoms with Crippen molar-refractivity contribution in [3.8, 4) is 0 Å². The molecule has 1 saturated heterocycles. The molecule has 0 saturated carbocycles. The Hall–Kier alpha value is -1.40. The van der Waals surface area contributed by atoms with Crippen LogP contribution < -0.4 is 16.4 Å². The largest absolute Gasteiger partial charge is 0.330 e. The molecule has 1 amide bonds. The average molecular weight is 251 g/mol. The number of nitrogens with one attached hydrogen (secondary N) is 2. The van der Waals surface area contributed by atoms with E-state index < -0.39 is 5.41 Å². The zero-order valence-electron chi connectivity index (χ0n) is 10.9. The molecule has 0 aliphatic carbocycles. The van der Waals surface area contributed by atoms with Crippen LogP contribution in [0.4, 0.5) is 5.82 Å². The summed E-state index contributed by atoms with van der Waals surface area (Å²) in [5, 5.41) is 10.4. The Balaban J connectivity index is 2.05. The fourth-order valence-electron chi connectivity index (χ4n) is 1.91. The number of amides is 1. The number of anilines is 1. The fourth-order valence-corrected chi connectivity index (χ4v) is 1.91. The van der Waals surface area contributed by atoms with Gasteiger partial charge in [0.15, 0.2) is 0 Å². The molecule has 1 aromatic heterocycles. The molecule has 1 fully saturated rings. The van der Waals surface area contributed by atoms with Crippen LogP contribution in [0.2, 0.25) is 0 Å². The van der Waals surface area contributed by atoms with E-state index in [1.54, 1.807) is 6.20 Å². The van der Waals surface area contributed by atoms with E-state index >= 15 is 0 Å². The number of carbonyl (C=O) groups is 1. The van der Waals surface area contributed by atoms with Gasteiger partial charge in [0.1, 0.15) is 5.82 Å². The van der Waals surface area contributed by atoms with Gasteiger partial charge in [-0.05, 0) is 13.0 Å². The molecule has 0 spiro atoms. The molecular weight excluding hydrogens is 230 g/mol. The molecule has 2 heterocycles. The van der Waals surface area contributed by atoms with Gasteiger partial charge in [-0.2, -0.15) is 5.10 Å². The second-order valence-electron chi connectivity index (χ2n) is 5.35. The summed E-state index contributed by atoms with van der Waals surface area (Å²) >= 11 is 0. The molecular formula is C12H21N5O. The van der Waals surface area contributed by atoms with Gasteiger partial charge in [0.25, 0.3) is 0 Å². The predicted molar refractivity (Wildman–Crippen MR) is 70.2 cm³/mol. The topological polar surface area (TPSA) is 85.0 Å². The Morgan fingerprint density at radius 3 is 2.94 bits per heavy atom. The number of aromatic nitrogens is 2. The van der Waals surface area contributed by atoms with Crippen molar-refractivity contribution >= 4 is 11.7 Å². The van der Waals surface area contributed by atoms with Crippen LogP contribution in [-0.4, -0.2) is 35.3 Å². The van der Waals surface area contributed by atoms with Crippen LogP contribution in [0.25, 0.3) is 0 Å². The normalized spacial score (nSPS) is 16.4. The first-order valence-electron chi connectivity index (χ1n) is 6.30. The first kappa shape index (κ1) is 13.0. The molecule has 0 atom stereocenters. The van der Waals surface area contributed by atoms with Crippen molar-refractivity contribution in [3.05, 3.63) is 12.3 Å². The molecule has 1 aliphatic heterocycles. The summed E-state index contributed by atoms with van der Waals surface area (Å²) in [5.41, 5.74) is 5.07. The van der Waals surface area contributed by atoms with Crippen molar-refractivity contribution in [1.82, 2.24) is 15.1 Å². The van der Waals surface area contributed by atoms with E-state index in [0.717, 1.165) is 18.9 Å². The van der Waals surface area contributed by atoms with Crippen molar-refractivity contribution in [3.63, 3.8) is 0 Å². The number of hydrogen-bond donors (Lipinski definition) is 3. The maximum Gasteiger partial charge on any atom is 0.231 e. The molecule has 100 valence electrons. The third-order valence-electron chi connectivity index (χ3n) is 3.40. The summed E-state index contributed by atoms with van der Waals surface area (Å²) in [7, 11) is 0. The summed E-state index contributed by atoms with van der Waals surface area (Å²) in [6, 6.07) is 2.17. The van der Waals surface area contributed by atoms with E-state index in [1.165, 1.54) is 0 Å². The van der Waals surface area contributed by atoms with Crippen LogP contribution in [0, 0.1) is 5.41 Å². The molecule has 1 aliphatic rings. The van der Waals surface area contributed by atoms with Gasteiger partial charge < -0.3 is 16.4 Å². The number of rotatable bonds is 5. The highest BCUT2D eigenvalue weighted by molar-refractivity contribution is 5.94. The molecule has 0 aromatic carbocycles. The van der Waals surface area contributed by atoms with Crippen LogP contribution in [0.1, 0.15) is 26.3 Å². The predicted octanol–water partition coefficient (Wildman–Crippen LogP) is 0.341. The molecule has 0 radical (unpaired) electrons. The van der Waals surface area contributed by atoms with E-state index in [9.17, 15) is 4.79 Å². The lowest BCUT2D eigenvalue weighted by Gasteiger charge is -2.29. The van der Waals surface area contributed by atoms with Gasteiger partial charge in [-0.15, -0.1) is 0 Å². The van der Waals surface area contributed by atoms with Gasteiger partial charge in [-0.1, -0.05) is 13.8 Å². The van der Waals surface area contributed by atoms with Gasteiger partial charge >= 0.3 is 0 Å². The first-order valence-corrected chi connectivity index (χ1v) is 6.30. The summed E-state index contributed by atoms with van der Waals surface area (Å²) in [4.78, 5) is 12.2. The van der Waals surface area contributed by atoms with E-state index in [2.05, 4.69) is 15.7 Å². The first-order chi connectivity index (χ1) is 8.54. The molecule has 4 N–H and O–H groups in total. The number of carbonyl (C=O) groups excluding carboxylic acids is 1. The molecule has 18 heavy (non-hydrogen) atoms. The minimum Gasteiger partial charge on any atom is -0.330 e. The monoisotopic (exact) mass is 251 g/mol. The van der Waals surface area contributed by atoms with E-state index in [4.69, 9.17) is 5.73 Å². The maximum absolute atomic E-state index is 12.2. The summed E-state index contributed by atoms with van der Waals surface area (Å²) in [6.45, 7) is 6.11. The third-order valence-corrected chi connectivity index (χ3v) is 3.40. The standard InChI is InChI=1S/C12H21N5O/c1-12(2,4-5-13)11(18)16-10-3-6-15-17(10)9-7-14-8-9/h3,6,9,14H,4-5,7-8,13H2,1-2H3,(H,16,18). The zero-order valence-corrected chi connectivity index (χ0v) is 10.9. The van der Waals surface area contributed by atoms with Crippen LogP contribution in [0.5, 0.6) is 0 Å². The SMILES string of the molecule is CC(C)(CCN)C(=O)Nc1ccnn1C1CNC1. The average Bonchev–Trinajstić information content (AvgIpc) is 2.63. The van der Waals surface area contributed by atoms with Crippen molar-refractivity contribution in [1.29, 1.82) is 0 Å². The van der Waals surface area contributed by atoms with Crippen LogP contribution in [0.15, 0.2) is 12.3 Å². The Kier molecular flexibility index (Phi) is 3.68. The molecule has 2 rings (SSSR count). The number of hydrogen-bond acceptors (Lipinski definition) is 4. The third kappa shape index (κ3) is 2.54. The Bertz CT molecular complexity index is 422. The minimum absolute atomic E-state index is 0.0121. The smallest absolute Gasteiger partial charge is 0.231 e. The van der Waals surface area contributed by atoms with Crippen molar-refractivity contribution in [2.75, 3.05) is 25.0 Å². The molecule has 6 heteroatoms. The van der Waals surface area contributed by atoms with Crippen molar-refractivity contribution in [2.24, 2.45) is 11.1 Å². The van der Waals surface area contributed by atoms with Gasteiger partial charge in [-0.25, -0.2) is 4.68 Å². The van der Waals surface area contributed by atoms with E-state index in [-0.39, 0.29) is 5.91 Å². The van der Waals surface area contributed by atoms with Crippen LogP contribution in [-0.2, 0) is 4.79 Å². The van der Waals surface area contributed by atoms with Crippen molar-refractivity contribution < 1.29 is 4.79 Å².